The summed E-state index contributed by atoms with van der Waals surface area (Å²) < 4.78 is 10.2. The van der Waals surface area contributed by atoms with Crippen LogP contribution in [0, 0.1) is 0 Å². The third kappa shape index (κ3) is 4.00. The molecule has 3 nitrogen and oxygen atoms in total. The lowest BCUT2D eigenvalue weighted by Crippen LogP contribution is -2.31. The van der Waals surface area contributed by atoms with E-state index in [2.05, 4.69) is 24.4 Å². The van der Waals surface area contributed by atoms with E-state index < -0.39 is 0 Å². The van der Waals surface area contributed by atoms with Gasteiger partial charge in [0.15, 0.2) is 6.29 Å². The Bertz CT molecular complexity index is 260. The van der Waals surface area contributed by atoms with Gasteiger partial charge in [-0.05, 0) is 12.5 Å². The van der Waals surface area contributed by atoms with Crippen LogP contribution in [0.2, 0.25) is 0 Å². The number of hydrogen-bond donors (Lipinski definition) is 1. The fourth-order valence-electron chi connectivity index (χ4n) is 1.40. The Hall–Kier alpha value is -0.900. The summed E-state index contributed by atoms with van der Waals surface area (Å²) in [5.74, 6) is 0. The first-order valence-electron chi connectivity index (χ1n) is 5.12. The molecule has 0 saturated heterocycles. The van der Waals surface area contributed by atoms with Crippen molar-refractivity contribution in [3.63, 3.8) is 0 Å². The van der Waals surface area contributed by atoms with E-state index in [4.69, 9.17) is 9.47 Å². The van der Waals surface area contributed by atoms with Gasteiger partial charge in [0, 0.05) is 26.8 Å². The van der Waals surface area contributed by atoms with Gasteiger partial charge in [-0.25, -0.2) is 0 Å². The molecule has 3 heteroatoms. The van der Waals surface area contributed by atoms with Crippen LogP contribution >= 0.6 is 0 Å². The zero-order valence-corrected chi connectivity index (χ0v) is 9.57. The Kier molecular flexibility index (Phi) is 5.32. The number of rotatable bonds is 6. The van der Waals surface area contributed by atoms with Gasteiger partial charge in [-0.15, -0.1) is 0 Å². The molecule has 1 aromatic rings. The number of nitrogens with one attached hydrogen (secondary N) is 1. The summed E-state index contributed by atoms with van der Waals surface area (Å²) in [6.07, 6.45) is -0.184. The third-order valence-electron chi connectivity index (χ3n) is 2.42. The Morgan fingerprint density at radius 3 is 2.27 bits per heavy atom. The minimum absolute atomic E-state index is 0.184. The molecule has 0 bridgehead atoms. The van der Waals surface area contributed by atoms with E-state index >= 15 is 0 Å². The van der Waals surface area contributed by atoms with Crippen molar-refractivity contribution in [2.75, 3.05) is 20.8 Å². The lowest BCUT2D eigenvalue weighted by molar-refractivity contribution is -0.0997. The monoisotopic (exact) mass is 209 g/mol. The van der Waals surface area contributed by atoms with Crippen LogP contribution in [0.5, 0.6) is 0 Å². The van der Waals surface area contributed by atoms with Crippen molar-refractivity contribution >= 4 is 0 Å². The lowest BCUT2D eigenvalue weighted by atomic mass is 10.1. The maximum atomic E-state index is 5.10. The molecule has 1 rings (SSSR count). The van der Waals surface area contributed by atoms with Gasteiger partial charge in [0.25, 0.3) is 0 Å². The van der Waals surface area contributed by atoms with Crippen molar-refractivity contribution in [2.45, 2.75) is 19.3 Å². The summed E-state index contributed by atoms with van der Waals surface area (Å²) >= 11 is 0. The lowest BCUT2D eigenvalue weighted by Gasteiger charge is -2.18. The topological polar surface area (TPSA) is 30.5 Å². The Morgan fingerprint density at radius 1 is 1.13 bits per heavy atom. The molecule has 0 aliphatic heterocycles. The number of hydrogen-bond acceptors (Lipinski definition) is 3. The summed E-state index contributed by atoms with van der Waals surface area (Å²) in [6, 6.07) is 10.6. The fraction of sp³-hybridized carbons (Fsp3) is 0.500. The minimum Gasteiger partial charge on any atom is -0.355 e. The zero-order chi connectivity index (χ0) is 11.1. The van der Waals surface area contributed by atoms with Gasteiger partial charge in [-0.1, -0.05) is 30.3 Å². The van der Waals surface area contributed by atoms with Gasteiger partial charge in [0.05, 0.1) is 0 Å². The van der Waals surface area contributed by atoms with Gasteiger partial charge < -0.3 is 14.8 Å². The Morgan fingerprint density at radius 2 is 1.73 bits per heavy atom. The molecule has 0 heterocycles. The summed E-state index contributed by atoms with van der Waals surface area (Å²) in [4.78, 5) is 0. The highest BCUT2D eigenvalue weighted by Crippen LogP contribution is 2.10. The van der Waals surface area contributed by atoms with E-state index in [0.717, 1.165) is 0 Å². The Labute approximate surface area is 91.4 Å². The van der Waals surface area contributed by atoms with Crippen molar-refractivity contribution in [1.82, 2.24) is 5.32 Å². The molecule has 15 heavy (non-hydrogen) atoms. The van der Waals surface area contributed by atoms with Crippen molar-refractivity contribution in [3.05, 3.63) is 35.9 Å². The molecule has 1 atom stereocenters. The largest absolute Gasteiger partial charge is 0.355 e. The van der Waals surface area contributed by atoms with E-state index in [0.29, 0.717) is 12.6 Å². The predicted molar refractivity (Wildman–Crippen MR) is 60.7 cm³/mol. The first kappa shape index (κ1) is 12.2. The predicted octanol–water partition coefficient (Wildman–Crippen LogP) is 1.96. The molecule has 0 aliphatic rings. The fourth-order valence-corrected chi connectivity index (χ4v) is 1.40. The van der Waals surface area contributed by atoms with E-state index in [-0.39, 0.29) is 6.29 Å². The smallest absolute Gasteiger partial charge is 0.169 e. The highest BCUT2D eigenvalue weighted by Gasteiger charge is 2.08. The third-order valence-corrected chi connectivity index (χ3v) is 2.42. The highest BCUT2D eigenvalue weighted by atomic mass is 16.7. The zero-order valence-electron chi connectivity index (χ0n) is 9.57. The quantitative estimate of drug-likeness (QED) is 0.726. The molecule has 0 aromatic heterocycles. The van der Waals surface area contributed by atoms with Crippen molar-refractivity contribution < 1.29 is 9.47 Å². The first-order chi connectivity index (χ1) is 7.27. The molecule has 84 valence electrons. The molecule has 0 aliphatic carbocycles. The van der Waals surface area contributed by atoms with Gasteiger partial charge in [-0.2, -0.15) is 0 Å². The standard InChI is InChI=1S/C12H19NO2/c1-10(11-7-5-4-6-8-11)13-9-12(14-2)15-3/h4-8,10,12-13H,9H2,1-3H3/t10-/m0/s1. The molecule has 0 radical (unpaired) electrons. The maximum Gasteiger partial charge on any atom is 0.169 e. The molecular weight excluding hydrogens is 190 g/mol. The highest BCUT2D eigenvalue weighted by molar-refractivity contribution is 5.17. The van der Waals surface area contributed by atoms with Crippen molar-refractivity contribution in [2.24, 2.45) is 0 Å². The van der Waals surface area contributed by atoms with Crippen LogP contribution in [-0.4, -0.2) is 27.1 Å². The van der Waals surface area contributed by atoms with Crippen LogP contribution in [0.3, 0.4) is 0 Å². The molecule has 0 unspecified atom stereocenters. The van der Waals surface area contributed by atoms with Gasteiger partial charge >= 0.3 is 0 Å². The summed E-state index contributed by atoms with van der Waals surface area (Å²) in [5.41, 5.74) is 1.27. The van der Waals surface area contributed by atoms with Gasteiger partial charge in [0.1, 0.15) is 0 Å². The van der Waals surface area contributed by atoms with Crippen LogP contribution in [0.15, 0.2) is 30.3 Å². The summed E-state index contributed by atoms with van der Waals surface area (Å²) in [7, 11) is 3.28. The van der Waals surface area contributed by atoms with Gasteiger partial charge in [0.2, 0.25) is 0 Å². The first-order valence-corrected chi connectivity index (χ1v) is 5.12. The minimum atomic E-state index is -0.184. The van der Waals surface area contributed by atoms with Crippen LogP contribution in [0.25, 0.3) is 0 Å². The number of ether oxygens (including phenoxy) is 2. The van der Waals surface area contributed by atoms with Crippen molar-refractivity contribution in [1.29, 1.82) is 0 Å². The summed E-state index contributed by atoms with van der Waals surface area (Å²) in [5, 5.41) is 3.35. The van der Waals surface area contributed by atoms with Crippen LogP contribution in [0.4, 0.5) is 0 Å². The second-order valence-corrected chi connectivity index (χ2v) is 3.44. The number of methoxy groups -OCH3 is 2. The van der Waals surface area contributed by atoms with E-state index in [1.54, 1.807) is 14.2 Å². The number of benzene rings is 1. The molecule has 1 N–H and O–H groups in total. The molecule has 1 aromatic carbocycles. The van der Waals surface area contributed by atoms with E-state index in [9.17, 15) is 0 Å². The SMILES string of the molecule is COC(CN[C@@H](C)c1ccccc1)OC. The maximum absolute atomic E-state index is 5.10. The van der Waals surface area contributed by atoms with Crippen molar-refractivity contribution in [3.8, 4) is 0 Å². The molecular formula is C12H19NO2. The molecule has 0 amide bonds. The molecule has 0 spiro atoms. The van der Waals surface area contributed by atoms with Crippen LogP contribution < -0.4 is 5.32 Å². The second-order valence-electron chi connectivity index (χ2n) is 3.44. The second kappa shape index (κ2) is 6.56. The van der Waals surface area contributed by atoms with E-state index in [1.165, 1.54) is 5.56 Å². The normalized spacial score (nSPS) is 13.1. The Balaban J connectivity index is 2.39. The van der Waals surface area contributed by atoms with Gasteiger partial charge in [-0.3, -0.25) is 0 Å². The average Bonchev–Trinajstić information content (AvgIpc) is 2.31. The van der Waals surface area contributed by atoms with Crippen LogP contribution in [0.1, 0.15) is 18.5 Å². The molecule has 0 saturated carbocycles. The summed E-state index contributed by atoms with van der Waals surface area (Å²) in [6.45, 7) is 2.81. The van der Waals surface area contributed by atoms with E-state index in [1.807, 2.05) is 18.2 Å². The van der Waals surface area contributed by atoms with Crippen LogP contribution in [-0.2, 0) is 9.47 Å². The molecule has 0 fully saturated rings. The average molecular weight is 209 g/mol.